The van der Waals surface area contributed by atoms with Gasteiger partial charge >= 0.3 is 5.97 Å². The first-order chi connectivity index (χ1) is 16.2. The van der Waals surface area contributed by atoms with Crippen molar-refractivity contribution in [1.29, 1.82) is 0 Å². The minimum atomic E-state index is -1.44. The predicted octanol–water partition coefficient (Wildman–Crippen LogP) is 4.49. The Morgan fingerprint density at radius 3 is 2.68 bits per heavy atom. The van der Waals surface area contributed by atoms with E-state index in [9.17, 15) is 19.1 Å². The number of aromatic nitrogens is 3. The number of benzene rings is 2. The molecule has 2 aromatic heterocycles. The molecule has 176 valence electrons. The molecule has 2 heterocycles. The summed E-state index contributed by atoms with van der Waals surface area (Å²) in [4.78, 5) is 24.6. The van der Waals surface area contributed by atoms with Crippen LogP contribution in [0.3, 0.4) is 0 Å². The number of carbonyl (C=O) groups is 2. The van der Waals surface area contributed by atoms with E-state index in [0.717, 1.165) is 12.1 Å². The van der Waals surface area contributed by atoms with Crippen LogP contribution in [0, 0.1) is 12.7 Å². The zero-order valence-corrected chi connectivity index (χ0v) is 19.2. The molecule has 9 nitrogen and oxygen atoms in total. The largest absolute Gasteiger partial charge is 0.495 e. The monoisotopic (exact) mass is 486 g/mol. The van der Waals surface area contributed by atoms with E-state index in [1.807, 2.05) is 4.57 Å². The summed E-state index contributed by atoms with van der Waals surface area (Å²) in [7, 11) is 3.02. The number of hydrogen-bond acceptors (Lipinski definition) is 5. The van der Waals surface area contributed by atoms with Gasteiger partial charge in [-0.1, -0.05) is 11.6 Å². The molecule has 0 saturated heterocycles. The normalized spacial score (nSPS) is 11.1. The van der Waals surface area contributed by atoms with Gasteiger partial charge < -0.3 is 24.5 Å². The number of anilines is 1. The highest BCUT2D eigenvalue weighted by atomic mass is 35.5. The van der Waals surface area contributed by atoms with Crippen LogP contribution in [0.2, 0.25) is 5.02 Å². The van der Waals surface area contributed by atoms with E-state index in [1.54, 1.807) is 43.2 Å². The first-order valence-electron chi connectivity index (χ1n) is 9.99. The number of halogens is 2. The molecule has 0 saturated carbocycles. The van der Waals surface area contributed by atoms with E-state index in [2.05, 4.69) is 10.4 Å². The SMILES string of the molecule is COCn1cc(-n2c(C)c(C(=O)Nc3ccc(F)c(C(=O)O)c3)c3cc(OC)c(Cl)cc32)cn1. The van der Waals surface area contributed by atoms with Crippen molar-refractivity contribution in [2.45, 2.75) is 13.7 Å². The Morgan fingerprint density at radius 2 is 2.00 bits per heavy atom. The highest BCUT2D eigenvalue weighted by molar-refractivity contribution is 6.33. The highest BCUT2D eigenvalue weighted by Crippen LogP contribution is 2.36. The van der Waals surface area contributed by atoms with Crippen LogP contribution < -0.4 is 10.1 Å². The molecular weight excluding hydrogens is 467 g/mol. The van der Waals surface area contributed by atoms with Crippen molar-refractivity contribution >= 4 is 40.1 Å². The summed E-state index contributed by atoms with van der Waals surface area (Å²) in [6, 6.07) is 6.69. The van der Waals surface area contributed by atoms with Gasteiger partial charge in [-0.3, -0.25) is 4.79 Å². The zero-order chi connectivity index (χ0) is 24.6. The van der Waals surface area contributed by atoms with Crippen molar-refractivity contribution in [3.63, 3.8) is 0 Å². The number of aromatic carboxylic acids is 1. The van der Waals surface area contributed by atoms with E-state index in [0.29, 0.717) is 38.6 Å². The Balaban J connectivity index is 1.86. The summed E-state index contributed by atoms with van der Waals surface area (Å²) < 4.78 is 27.6. The second-order valence-corrected chi connectivity index (χ2v) is 7.82. The molecule has 0 unspecified atom stereocenters. The number of nitrogens with zero attached hydrogens (tertiary/aromatic N) is 3. The van der Waals surface area contributed by atoms with Gasteiger partial charge in [-0.25, -0.2) is 13.9 Å². The molecule has 0 fully saturated rings. The molecule has 0 spiro atoms. The maximum absolute atomic E-state index is 13.8. The van der Waals surface area contributed by atoms with Gasteiger partial charge in [0.2, 0.25) is 0 Å². The van der Waals surface area contributed by atoms with Crippen molar-refractivity contribution in [2.24, 2.45) is 0 Å². The molecule has 0 atom stereocenters. The summed E-state index contributed by atoms with van der Waals surface area (Å²) in [6.07, 6.45) is 3.39. The van der Waals surface area contributed by atoms with Gasteiger partial charge in [0.25, 0.3) is 5.91 Å². The molecule has 4 aromatic rings. The van der Waals surface area contributed by atoms with Crippen molar-refractivity contribution in [3.05, 3.63) is 70.4 Å². The smallest absolute Gasteiger partial charge is 0.338 e. The number of carboxylic acids is 1. The van der Waals surface area contributed by atoms with E-state index >= 15 is 0 Å². The van der Waals surface area contributed by atoms with Crippen LogP contribution in [0.15, 0.2) is 42.7 Å². The number of amides is 1. The van der Waals surface area contributed by atoms with Gasteiger partial charge in [0, 0.05) is 23.9 Å². The molecule has 11 heteroatoms. The second kappa shape index (κ2) is 9.16. The summed E-state index contributed by atoms with van der Waals surface area (Å²) in [5.74, 6) is -2.47. The summed E-state index contributed by atoms with van der Waals surface area (Å²) in [5, 5.41) is 17.0. The van der Waals surface area contributed by atoms with E-state index < -0.39 is 23.3 Å². The molecule has 34 heavy (non-hydrogen) atoms. The van der Waals surface area contributed by atoms with Gasteiger partial charge in [0.05, 0.1) is 46.9 Å². The van der Waals surface area contributed by atoms with Gasteiger partial charge in [-0.15, -0.1) is 0 Å². The first kappa shape index (κ1) is 23.3. The maximum Gasteiger partial charge on any atom is 0.338 e. The molecule has 2 N–H and O–H groups in total. The lowest BCUT2D eigenvalue weighted by molar-refractivity contribution is 0.0691. The number of ether oxygens (including phenoxy) is 2. The third-order valence-corrected chi connectivity index (χ3v) is 5.59. The van der Waals surface area contributed by atoms with Crippen molar-refractivity contribution < 1.29 is 28.6 Å². The van der Waals surface area contributed by atoms with Crippen molar-refractivity contribution in [3.8, 4) is 11.4 Å². The molecule has 0 aliphatic rings. The quantitative estimate of drug-likeness (QED) is 0.398. The van der Waals surface area contributed by atoms with Crippen LogP contribution in [0.25, 0.3) is 16.6 Å². The molecule has 4 rings (SSSR count). The fraction of sp³-hybridized carbons (Fsp3) is 0.174. The molecule has 2 aromatic carbocycles. The summed E-state index contributed by atoms with van der Waals surface area (Å²) in [5.41, 5.74) is 1.79. The van der Waals surface area contributed by atoms with Crippen LogP contribution in [-0.4, -0.2) is 45.6 Å². The minimum absolute atomic E-state index is 0.137. The van der Waals surface area contributed by atoms with Crippen LogP contribution >= 0.6 is 11.6 Å². The highest BCUT2D eigenvalue weighted by Gasteiger charge is 2.24. The number of carbonyl (C=O) groups excluding carboxylic acids is 1. The third kappa shape index (κ3) is 4.09. The molecule has 1 amide bonds. The average Bonchev–Trinajstić information content (AvgIpc) is 3.35. The van der Waals surface area contributed by atoms with Crippen LogP contribution in [0.1, 0.15) is 26.4 Å². The Morgan fingerprint density at radius 1 is 1.24 bits per heavy atom. The van der Waals surface area contributed by atoms with Crippen molar-refractivity contribution in [1.82, 2.24) is 14.3 Å². The molecular formula is C23H20ClFN4O5. The Kier molecular flexibility index (Phi) is 6.27. The van der Waals surface area contributed by atoms with E-state index in [-0.39, 0.29) is 12.4 Å². The molecule has 0 bridgehead atoms. The number of nitrogens with one attached hydrogen (secondary N) is 1. The lowest BCUT2D eigenvalue weighted by Gasteiger charge is -2.08. The van der Waals surface area contributed by atoms with Gasteiger partial charge in [0.1, 0.15) is 18.3 Å². The van der Waals surface area contributed by atoms with Crippen LogP contribution in [0.5, 0.6) is 5.75 Å². The van der Waals surface area contributed by atoms with E-state index in [1.165, 1.54) is 13.2 Å². The Hall–Kier alpha value is -3.89. The van der Waals surface area contributed by atoms with Gasteiger partial charge in [0.15, 0.2) is 0 Å². The lowest BCUT2D eigenvalue weighted by Crippen LogP contribution is -2.14. The fourth-order valence-electron chi connectivity index (χ4n) is 3.82. The summed E-state index contributed by atoms with van der Waals surface area (Å²) in [6.45, 7) is 2.01. The first-order valence-corrected chi connectivity index (χ1v) is 10.4. The fourth-order valence-corrected chi connectivity index (χ4v) is 4.06. The average molecular weight is 487 g/mol. The van der Waals surface area contributed by atoms with Gasteiger partial charge in [-0.05, 0) is 37.3 Å². The van der Waals surface area contributed by atoms with E-state index in [4.69, 9.17) is 21.1 Å². The Labute approximate surface area is 198 Å². The standard InChI is InChI=1S/C23H20ClFN4O5/c1-12-21(22(30)27-13-4-5-18(25)15(6-13)23(31)32)16-7-20(34-3)17(24)8-19(16)29(12)14-9-26-28(10-14)11-33-2/h4-10H,11H2,1-3H3,(H,27,30)(H,31,32). The van der Waals surface area contributed by atoms with Crippen LogP contribution in [-0.2, 0) is 11.5 Å². The number of carboxylic acid groups (broad SMARTS) is 1. The number of methoxy groups -OCH3 is 2. The topological polar surface area (TPSA) is 108 Å². The summed E-state index contributed by atoms with van der Waals surface area (Å²) >= 11 is 6.38. The second-order valence-electron chi connectivity index (χ2n) is 7.41. The Bertz CT molecular complexity index is 1430. The molecule has 0 radical (unpaired) electrons. The molecule has 0 aliphatic heterocycles. The molecule has 0 aliphatic carbocycles. The number of hydrogen-bond donors (Lipinski definition) is 2. The lowest BCUT2D eigenvalue weighted by atomic mass is 10.1. The number of fused-ring (bicyclic) bond motifs is 1. The predicted molar refractivity (Wildman–Crippen MR) is 124 cm³/mol. The number of rotatable bonds is 7. The van der Waals surface area contributed by atoms with Crippen molar-refractivity contribution in [2.75, 3.05) is 19.5 Å². The van der Waals surface area contributed by atoms with Gasteiger partial charge in [-0.2, -0.15) is 5.10 Å². The third-order valence-electron chi connectivity index (χ3n) is 5.30. The minimum Gasteiger partial charge on any atom is -0.495 e. The maximum atomic E-state index is 13.8. The zero-order valence-electron chi connectivity index (χ0n) is 18.4. The van der Waals surface area contributed by atoms with Crippen LogP contribution in [0.4, 0.5) is 10.1 Å².